The third-order valence-corrected chi connectivity index (χ3v) is 4.93. The number of aryl methyl sites for hydroxylation is 1. The second kappa shape index (κ2) is 8.76. The highest BCUT2D eigenvalue weighted by Crippen LogP contribution is 2.28. The van der Waals surface area contributed by atoms with Gasteiger partial charge in [0.05, 0.1) is 16.4 Å². The summed E-state index contributed by atoms with van der Waals surface area (Å²) < 4.78 is 1.69. The van der Waals surface area contributed by atoms with Crippen molar-refractivity contribution in [2.75, 3.05) is 5.32 Å². The van der Waals surface area contributed by atoms with Gasteiger partial charge in [-0.1, -0.05) is 84.4 Å². The van der Waals surface area contributed by atoms with Crippen molar-refractivity contribution in [1.82, 2.24) is 9.78 Å². The standard InChI is InChI=1S/C24H20ClN3O/c25-20-13-7-8-14-22(20)28-23(17-21(27-28)19-11-5-2-6-12-19)26-24(29)16-15-18-9-3-1-4-10-18/h1-14,17H,15-16H2,(H,26,29). The first-order valence-electron chi connectivity index (χ1n) is 9.45. The van der Waals surface area contributed by atoms with Gasteiger partial charge in [0.1, 0.15) is 5.82 Å². The molecule has 0 radical (unpaired) electrons. The Bertz CT molecular complexity index is 1110. The average Bonchev–Trinajstić information content (AvgIpc) is 3.17. The van der Waals surface area contributed by atoms with Crippen molar-refractivity contribution in [3.05, 3.63) is 102 Å². The van der Waals surface area contributed by atoms with E-state index in [9.17, 15) is 4.79 Å². The van der Waals surface area contributed by atoms with E-state index in [2.05, 4.69) is 5.32 Å². The number of rotatable bonds is 6. The summed E-state index contributed by atoms with van der Waals surface area (Å²) in [6.07, 6.45) is 1.07. The summed E-state index contributed by atoms with van der Waals surface area (Å²) in [5.41, 5.74) is 3.59. The molecule has 4 rings (SSSR count). The number of nitrogens with zero attached hydrogens (tertiary/aromatic N) is 2. The Labute approximate surface area is 174 Å². The Hall–Kier alpha value is -3.37. The Morgan fingerprint density at radius 3 is 2.28 bits per heavy atom. The second-order valence-corrected chi connectivity index (χ2v) is 7.09. The van der Waals surface area contributed by atoms with E-state index in [1.807, 2.05) is 91.0 Å². The molecule has 1 N–H and O–H groups in total. The fraction of sp³-hybridized carbons (Fsp3) is 0.0833. The highest BCUT2D eigenvalue weighted by molar-refractivity contribution is 6.32. The van der Waals surface area contributed by atoms with Gasteiger partial charge in [0.2, 0.25) is 5.91 Å². The molecule has 29 heavy (non-hydrogen) atoms. The predicted octanol–water partition coefficient (Wildman–Crippen LogP) is 5.76. The van der Waals surface area contributed by atoms with Crippen LogP contribution in [0.25, 0.3) is 16.9 Å². The topological polar surface area (TPSA) is 46.9 Å². The third kappa shape index (κ3) is 4.55. The number of carbonyl (C=O) groups excluding carboxylic acids is 1. The number of halogens is 1. The molecule has 0 atom stereocenters. The van der Waals surface area contributed by atoms with Gasteiger partial charge in [0, 0.05) is 18.1 Å². The van der Waals surface area contributed by atoms with Crippen LogP contribution in [0, 0.1) is 0 Å². The smallest absolute Gasteiger partial charge is 0.225 e. The zero-order chi connectivity index (χ0) is 20.1. The second-order valence-electron chi connectivity index (χ2n) is 6.68. The predicted molar refractivity (Wildman–Crippen MR) is 117 cm³/mol. The fourth-order valence-corrected chi connectivity index (χ4v) is 3.35. The zero-order valence-electron chi connectivity index (χ0n) is 15.8. The van der Waals surface area contributed by atoms with Crippen LogP contribution in [0.3, 0.4) is 0 Å². The molecule has 0 saturated heterocycles. The quantitative estimate of drug-likeness (QED) is 0.446. The molecule has 5 heteroatoms. The summed E-state index contributed by atoms with van der Waals surface area (Å²) in [5.74, 6) is 0.525. The lowest BCUT2D eigenvalue weighted by Gasteiger charge is -2.10. The lowest BCUT2D eigenvalue weighted by molar-refractivity contribution is -0.116. The largest absolute Gasteiger partial charge is 0.311 e. The van der Waals surface area contributed by atoms with Crippen LogP contribution in [0.5, 0.6) is 0 Å². The van der Waals surface area contributed by atoms with Crippen molar-refractivity contribution < 1.29 is 4.79 Å². The maximum atomic E-state index is 12.6. The van der Waals surface area contributed by atoms with E-state index in [1.165, 1.54) is 0 Å². The highest BCUT2D eigenvalue weighted by Gasteiger charge is 2.15. The van der Waals surface area contributed by atoms with Crippen molar-refractivity contribution in [1.29, 1.82) is 0 Å². The van der Waals surface area contributed by atoms with Gasteiger partial charge >= 0.3 is 0 Å². The van der Waals surface area contributed by atoms with Crippen LogP contribution in [0.1, 0.15) is 12.0 Å². The van der Waals surface area contributed by atoms with E-state index in [1.54, 1.807) is 4.68 Å². The van der Waals surface area contributed by atoms with Crippen molar-refractivity contribution in [3.63, 3.8) is 0 Å². The van der Waals surface area contributed by atoms with Gasteiger partial charge in [-0.15, -0.1) is 0 Å². The lowest BCUT2D eigenvalue weighted by Crippen LogP contribution is -2.15. The molecule has 0 unspecified atom stereocenters. The van der Waals surface area contributed by atoms with Crippen LogP contribution in [0.15, 0.2) is 91.0 Å². The Kier molecular flexibility index (Phi) is 5.73. The number of nitrogens with one attached hydrogen (secondary N) is 1. The van der Waals surface area contributed by atoms with Crippen LogP contribution in [-0.2, 0) is 11.2 Å². The number of amides is 1. The van der Waals surface area contributed by atoms with E-state index in [0.717, 1.165) is 22.5 Å². The van der Waals surface area contributed by atoms with Crippen LogP contribution in [-0.4, -0.2) is 15.7 Å². The number of anilines is 1. The number of para-hydroxylation sites is 1. The first-order valence-corrected chi connectivity index (χ1v) is 9.83. The van der Waals surface area contributed by atoms with Gasteiger partial charge in [-0.2, -0.15) is 5.10 Å². The molecule has 4 aromatic rings. The normalized spacial score (nSPS) is 10.7. The molecule has 0 bridgehead atoms. The monoisotopic (exact) mass is 401 g/mol. The van der Waals surface area contributed by atoms with E-state index in [0.29, 0.717) is 23.7 Å². The van der Waals surface area contributed by atoms with Crippen LogP contribution >= 0.6 is 11.6 Å². The van der Waals surface area contributed by atoms with E-state index in [-0.39, 0.29) is 5.91 Å². The SMILES string of the molecule is O=C(CCc1ccccc1)Nc1cc(-c2ccccc2)nn1-c1ccccc1Cl. The molecule has 0 aliphatic rings. The molecule has 0 spiro atoms. The van der Waals surface area contributed by atoms with Gasteiger partial charge < -0.3 is 5.32 Å². The number of benzene rings is 3. The molecule has 1 aromatic heterocycles. The molecule has 144 valence electrons. The molecule has 0 aliphatic carbocycles. The minimum Gasteiger partial charge on any atom is -0.311 e. The first-order chi connectivity index (χ1) is 14.2. The highest BCUT2D eigenvalue weighted by atomic mass is 35.5. The Morgan fingerprint density at radius 1 is 0.897 bits per heavy atom. The van der Waals surface area contributed by atoms with Crippen LogP contribution < -0.4 is 5.32 Å². The van der Waals surface area contributed by atoms with Crippen molar-refractivity contribution in [2.45, 2.75) is 12.8 Å². The van der Waals surface area contributed by atoms with E-state index in [4.69, 9.17) is 16.7 Å². The molecule has 0 fully saturated rings. The molecular weight excluding hydrogens is 382 g/mol. The van der Waals surface area contributed by atoms with Gasteiger partial charge in [0.25, 0.3) is 0 Å². The van der Waals surface area contributed by atoms with Crippen LogP contribution in [0.2, 0.25) is 5.02 Å². The van der Waals surface area contributed by atoms with E-state index < -0.39 is 0 Å². The number of carbonyl (C=O) groups is 1. The van der Waals surface area contributed by atoms with Crippen molar-refractivity contribution >= 4 is 23.3 Å². The van der Waals surface area contributed by atoms with Crippen molar-refractivity contribution in [3.8, 4) is 16.9 Å². The maximum Gasteiger partial charge on any atom is 0.225 e. The Morgan fingerprint density at radius 2 is 1.55 bits per heavy atom. The molecule has 4 nitrogen and oxygen atoms in total. The maximum absolute atomic E-state index is 12.6. The number of hydrogen-bond acceptors (Lipinski definition) is 2. The third-order valence-electron chi connectivity index (χ3n) is 4.61. The summed E-state index contributed by atoms with van der Waals surface area (Å²) in [7, 11) is 0. The van der Waals surface area contributed by atoms with Gasteiger partial charge in [-0.05, 0) is 24.1 Å². The van der Waals surface area contributed by atoms with E-state index >= 15 is 0 Å². The van der Waals surface area contributed by atoms with Gasteiger partial charge in [0.15, 0.2) is 0 Å². The van der Waals surface area contributed by atoms with Gasteiger partial charge in [-0.25, -0.2) is 4.68 Å². The number of aromatic nitrogens is 2. The number of hydrogen-bond donors (Lipinski definition) is 1. The first kappa shape index (κ1) is 19.0. The summed E-state index contributed by atoms with van der Waals surface area (Å²) in [5, 5.41) is 8.26. The molecule has 3 aromatic carbocycles. The molecule has 0 saturated carbocycles. The summed E-state index contributed by atoms with van der Waals surface area (Å²) in [4.78, 5) is 12.6. The van der Waals surface area contributed by atoms with Crippen LogP contribution in [0.4, 0.5) is 5.82 Å². The zero-order valence-corrected chi connectivity index (χ0v) is 16.5. The summed E-state index contributed by atoms with van der Waals surface area (Å²) in [6, 6.07) is 29.1. The Balaban J connectivity index is 1.61. The molecule has 1 heterocycles. The summed E-state index contributed by atoms with van der Waals surface area (Å²) >= 11 is 6.39. The molecule has 0 aliphatic heterocycles. The minimum absolute atomic E-state index is 0.0679. The van der Waals surface area contributed by atoms with Gasteiger partial charge in [-0.3, -0.25) is 4.79 Å². The van der Waals surface area contributed by atoms with Crippen molar-refractivity contribution in [2.24, 2.45) is 0 Å². The molecular formula is C24H20ClN3O. The fourth-order valence-electron chi connectivity index (χ4n) is 3.14. The minimum atomic E-state index is -0.0679. The summed E-state index contributed by atoms with van der Waals surface area (Å²) in [6.45, 7) is 0. The molecule has 1 amide bonds. The lowest BCUT2D eigenvalue weighted by atomic mass is 10.1. The average molecular weight is 402 g/mol.